The smallest absolute Gasteiger partial charge is 0.266 e. The number of hydrazone groups is 1. The Labute approximate surface area is 149 Å². The largest absolute Gasteiger partial charge is 0.417 e. The van der Waals surface area contributed by atoms with Gasteiger partial charge >= 0.3 is 6.18 Å². The van der Waals surface area contributed by atoms with Crippen LogP contribution in [0.2, 0.25) is 5.02 Å². The molecule has 128 valence electrons. The molecule has 0 radical (unpaired) electrons. The zero-order chi connectivity index (χ0) is 18.0. The minimum absolute atomic E-state index is 0.141. The minimum Gasteiger partial charge on any atom is -0.266 e. The van der Waals surface area contributed by atoms with E-state index in [4.69, 9.17) is 11.6 Å². The van der Waals surface area contributed by atoms with E-state index in [0.717, 1.165) is 22.4 Å². The Bertz CT molecular complexity index is 966. The van der Waals surface area contributed by atoms with Crippen LogP contribution < -0.4 is 5.43 Å². The molecule has 0 bridgehead atoms. The van der Waals surface area contributed by atoms with Gasteiger partial charge in [0.2, 0.25) is 0 Å². The van der Waals surface area contributed by atoms with Crippen LogP contribution in [0.25, 0.3) is 10.1 Å². The molecule has 8 heteroatoms. The van der Waals surface area contributed by atoms with E-state index in [1.54, 1.807) is 12.1 Å². The maximum absolute atomic E-state index is 12.9. The molecule has 0 spiro atoms. The monoisotopic (exact) mass is 382 g/mol. The molecule has 2 aromatic carbocycles. The Balaban J connectivity index is 1.81. The van der Waals surface area contributed by atoms with E-state index >= 15 is 0 Å². The van der Waals surface area contributed by atoms with E-state index in [0.29, 0.717) is 5.02 Å². The maximum Gasteiger partial charge on any atom is 0.417 e. The summed E-state index contributed by atoms with van der Waals surface area (Å²) >= 11 is 7.37. The molecule has 0 atom stereocenters. The Morgan fingerprint density at radius 2 is 1.80 bits per heavy atom. The van der Waals surface area contributed by atoms with Crippen molar-refractivity contribution < 1.29 is 18.0 Å². The van der Waals surface area contributed by atoms with Gasteiger partial charge in [-0.05, 0) is 12.1 Å². The average molecular weight is 383 g/mol. The van der Waals surface area contributed by atoms with E-state index in [1.807, 2.05) is 12.1 Å². The van der Waals surface area contributed by atoms with Crippen LogP contribution in [0, 0.1) is 0 Å². The number of benzene rings is 2. The lowest BCUT2D eigenvalue weighted by atomic mass is 10.1. The molecule has 0 saturated carbocycles. The molecule has 3 nitrogen and oxygen atoms in total. The van der Waals surface area contributed by atoms with Crippen LogP contribution in [0.5, 0.6) is 0 Å². The number of halogens is 4. The standard InChI is InChI=1S/C17H10ClF3N2OS/c18-14-11-6-2-4-8-13(11)25-15(14)16(24)23-22-9-10-5-1-3-7-12(10)17(19,20)21/h1-9H,(H,23,24)/b22-9+. The van der Waals surface area contributed by atoms with Crippen molar-refractivity contribution in [2.45, 2.75) is 6.18 Å². The number of fused-ring (bicyclic) bond motifs is 1. The zero-order valence-corrected chi connectivity index (χ0v) is 14.0. The molecule has 3 aromatic rings. The third-order valence-corrected chi connectivity index (χ3v) is 5.05. The third-order valence-electron chi connectivity index (χ3n) is 3.38. The Morgan fingerprint density at radius 3 is 2.52 bits per heavy atom. The molecular formula is C17H10ClF3N2OS. The summed E-state index contributed by atoms with van der Waals surface area (Å²) in [6.07, 6.45) is -3.54. The Hall–Kier alpha value is -2.38. The lowest BCUT2D eigenvalue weighted by molar-refractivity contribution is -0.137. The first-order valence-corrected chi connectivity index (χ1v) is 8.24. The van der Waals surface area contributed by atoms with Crippen molar-refractivity contribution in [1.29, 1.82) is 0 Å². The molecule has 1 heterocycles. The van der Waals surface area contributed by atoms with Gasteiger partial charge in [0.05, 0.1) is 16.8 Å². The van der Waals surface area contributed by atoms with Crippen molar-refractivity contribution in [3.05, 3.63) is 69.6 Å². The number of thiophene rings is 1. The summed E-state index contributed by atoms with van der Waals surface area (Å²) in [7, 11) is 0. The van der Waals surface area contributed by atoms with Crippen LogP contribution in [0.3, 0.4) is 0 Å². The first kappa shape index (κ1) is 17.4. The first-order chi connectivity index (χ1) is 11.9. The van der Waals surface area contributed by atoms with E-state index in [-0.39, 0.29) is 10.4 Å². The SMILES string of the molecule is O=C(N/N=C/c1ccccc1C(F)(F)F)c1sc2ccccc2c1Cl. The number of amides is 1. The highest BCUT2D eigenvalue weighted by atomic mass is 35.5. The van der Waals surface area contributed by atoms with Gasteiger partial charge in [0.15, 0.2) is 0 Å². The molecule has 0 unspecified atom stereocenters. The summed E-state index contributed by atoms with van der Waals surface area (Å²) in [6, 6.07) is 12.2. The van der Waals surface area contributed by atoms with Crippen LogP contribution >= 0.6 is 22.9 Å². The molecule has 0 saturated heterocycles. The fourth-order valence-electron chi connectivity index (χ4n) is 2.24. The summed E-state index contributed by atoms with van der Waals surface area (Å²) < 4.78 is 39.6. The third kappa shape index (κ3) is 3.67. The zero-order valence-electron chi connectivity index (χ0n) is 12.5. The highest BCUT2D eigenvalue weighted by molar-refractivity contribution is 7.21. The average Bonchev–Trinajstić information content (AvgIpc) is 2.92. The molecule has 25 heavy (non-hydrogen) atoms. The van der Waals surface area contributed by atoms with Crippen molar-refractivity contribution in [1.82, 2.24) is 5.43 Å². The quantitative estimate of drug-likeness (QED) is 0.482. The predicted molar refractivity (Wildman–Crippen MR) is 93.3 cm³/mol. The number of nitrogens with one attached hydrogen (secondary N) is 1. The lowest BCUT2D eigenvalue weighted by Crippen LogP contribution is -2.17. The lowest BCUT2D eigenvalue weighted by Gasteiger charge is -2.09. The second-order valence-corrected chi connectivity index (χ2v) is 6.46. The topological polar surface area (TPSA) is 41.5 Å². The van der Waals surface area contributed by atoms with Gasteiger partial charge in [-0.1, -0.05) is 48.0 Å². The number of hydrogen-bond donors (Lipinski definition) is 1. The van der Waals surface area contributed by atoms with Crippen LogP contribution in [0.1, 0.15) is 20.8 Å². The van der Waals surface area contributed by atoms with Crippen LogP contribution in [-0.2, 0) is 6.18 Å². The van der Waals surface area contributed by atoms with E-state index in [9.17, 15) is 18.0 Å². The fourth-order valence-corrected chi connectivity index (χ4v) is 3.65. The van der Waals surface area contributed by atoms with Gasteiger partial charge in [-0.2, -0.15) is 18.3 Å². The van der Waals surface area contributed by atoms with Crippen molar-refractivity contribution in [2.24, 2.45) is 5.10 Å². The molecule has 1 aromatic heterocycles. The summed E-state index contributed by atoms with van der Waals surface area (Å²) in [6.45, 7) is 0. The molecular weight excluding hydrogens is 373 g/mol. The number of alkyl halides is 3. The number of nitrogens with zero attached hydrogens (tertiary/aromatic N) is 1. The second-order valence-electron chi connectivity index (χ2n) is 5.03. The van der Waals surface area contributed by atoms with Gasteiger partial charge in [-0.3, -0.25) is 4.79 Å². The summed E-state index contributed by atoms with van der Waals surface area (Å²) in [4.78, 5) is 12.4. The molecule has 1 amide bonds. The second kappa shape index (κ2) is 6.85. The summed E-state index contributed by atoms with van der Waals surface area (Å²) in [5.74, 6) is -0.577. The molecule has 0 aliphatic rings. The van der Waals surface area contributed by atoms with Gasteiger partial charge in [0.1, 0.15) is 4.88 Å². The molecule has 0 aliphatic heterocycles. The number of hydrogen-bond acceptors (Lipinski definition) is 3. The van der Waals surface area contributed by atoms with Crippen LogP contribution in [0.15, 0.2) is 53.6 Å². The van der Waals surface area contributed by atoms with E-state index < -0.39 is 17.6 Å². The van der Waals surface area contributed by atoms with Crippen LogP contribution in [-0.4, -0.2) is 12.1 Å². The maximum atomic E-state index is 12.9. The Morgan fingerprint density at radius 1 is 1.12 bits per heavy atom. The molecule has 1 N–H and O–H groups in total. The van der Waals surface area contributed by atoms with E-state index in [2.05, 4.69) is 10.5 Å². The number of carbonyl (C=O) groups is 1. The van der Waals surface area contributed by atoms with Gasteiger partial charge in [-0.25, -0.2) is 5.43 Å². The van der Waals surface area contributed by atoms with Gasteiger partial charge < -0.3 is 0 Å². The van der Waals surface area contributed by atoms with Gasteiger partial charge in [0, 0.05) is 15.6 Å². The van der Waals surface area contributed by atoms with Crippen LogP contribution in [0.4, 0.5) is 13.2 Å². The fraction of sp³-hybridized carbons (Fsp3) is 0.0588. The molecule has 0 aliphatic carbocycles. The summed E-state index contributed by atoms with van der Waals surface area (Å²) in [5.41, 5.74) is 1.25. The molecule has 0 fully saturated rings. The van der Waals surface area contributed by atoms with Gasteiger partial charge in [-0.15, -0.1) is 11.3 Å². The number of carbonyl (C=O) groups excluding carboxylic acids is 1. The van der Waals surface area contributed by atoms with Gasteiger partial charge in [0.25, 0.3) is 5.91 Å². The predicted octanol–water partition coefficient (Wildman–Crippen LogP) is 5.34. The van der Waals surface area contributed by atoms with Crippen molar-refractivity contribution >= 4 is 45.1 Å². The number of rotatable bonds is 3. The first-order valence-electron chi connectivity index (χ1n) is 7.04. The van der Waals surface area contributed by atoms with Crippen molar-refractivity contribution in [2.75, 3.05) is 0 Å². The Kier molecular flexibility index (Phi) is 4.78. The van der Waals surface area contributed by atoms with E-state index in [1.165, 1.54) is 29.5 Å². The highest BCUT2D eigenvalue weighted by Crippen LogP contribution is 2.35. The van der Waals surface area contributed by atoms with Crippen molar-refractivity contribution in [3.8, 4) is 0 Å². The summed E-state index contributed by atoms with van der Waals surface area (Å²) in [5, 5.41) is 4.66. The normalized spacial score (nSPS) is 12.0. The highest BCUT2D eigenvalue weighted by Gasteiger charge is 2.32. The van der Waals surface area contributed by atoms with Crippen molar-refractivity contribution in [3.63, 3.8) is 0 Å². The molecule has 3 rings (SSSR count). The minimum atomic E-state index is -4.50.